The summed E-state index contributed by atoms with van der Waals surface area (Å²) in [6.07, 6.45) is 0.946. The number of carbonyl (C=O) groups is 2. The monoisotopic (exact) mass is 420 g/mol. The van der Waals surface area contributed by atoms with Crippen molar-refractivity contribution < 1.29 is 9.59 Å². The first kappa shape index (κ1) is 22.3. The Hall–Kier alpha value is -2.04. The molecule has 6 heteroatoms. The number of halogens is 2. The summed E-state index contributed by atoms with van der Waals surface area (Å²) in [6, 6.07) is 14.0. The van der Waals surface area contributed by atoms with Gasteiger partial charge in [0.2, 0.25) is 11.8 Å². The molecule has 0 radical (unpaired) electrons. The molecule has 2 rings (SSSR count). The number of benzene rings is 2. The van der Waals surface area contributed by atoms with Crippen molar-refractivity contribution in [2.45, 2.75) is 52.2 Å². The van der Waals surface area contributed by atoms with Crippen molar-refractivity contribution in [2.24, 2.45) is 0 Å². The fourth-order valence-electron chi connectivity index (χ4n) is 2.79. The van der Waals surface area contributed by atoms with E-state index in [-0.39, 0.29) is 24.3 Å². The number of rotatable bonds is 8. The van der Waals surface area contributed by atoms with E-state index in [0.717, 1.165) is 17.5 Å². The molecule has 0 saturated carbocycles. The third-order valence-electron chi connectivity index (χ3n) is 4.71. The van der Waals surface area contributed by atoms with E-state index in [0.29, 0.717) is 16.6 Å². The minimum Gasteiger partial charge on any atom is -0.352 e. The summed E-state index contributed by atoms with van der Waals surface area (Å²) in [5, 5.41) is 4.08. The predicted octanol–water partition coefficient (Wildman–Crippen LogP) is 4.87. The summed E-state index contributed by atoms with van der Waals surface area (Å²) in [6.45, 7) is 5.98. The molecule has 0 bridgehead atoms. The van der Waals surface area contributed by atoms with Gasteiger partial charge < -0.3 is 10.2 Å². The molecule has 2 aromatic rings. The van der Waals surface area contributed by atoms with Crippen LogP contribution >= 0.6 is 23.2 Å². The smallest absolute Gasteiger partial charge is 0.242 e. The van der Waals surface area contributed by atoms with Crippen LogP contribution in [0.5, 0.6) is 0 Å². The molecule has 0 saturated heterocycles. The highest BCUT2D eigenvalue weighted by atomic mass is 35.5. The second kappa shape index (κ2) is 10.5. The number of hydrogen-bond donors (Lipinski definition) is 1. The summed E-state index contributed by atoms with van der Waals surface area (Å²) in [5.41, 5.74) is 1.60. The summed E-state index contributed by atoms with van der Waals surface area (Å²) < 4.78 is 0. The van der Waals surface area contributed by atoms with Crippen molar-refractivity contribution in [3.05, 3.63) is 69.7 Å². The quantitative estimate of drug-likeness (QED) is 0.661. The van der Waals surface area contributed by atoms with Crippen LogP contribution in [0, 0.1) is 0 Å². The topological polar surface area (TPSA) is 49.4 Å². The van der Waals surface area contributed by atoms with Crippen LogP contribution in [0.4, 0.5) is 0 Å². The van der Waals surface area contributed by atoms with Crippen molar-refractivity contribution in [3.63, 3.8) is 0 Å². The molecule has 150 valence electrons. The first-order chi connectivity index (χ1) is 13.3. The van der Waals surface area contributed by atoms with Gasteiger partial charge in [0, 0.05) is 22.6 Å². The minimum absolute atomic E-state index is 0.0432. The zero-order valence-corrected chi connectivity index (χ0v) is 17.9. The highest BCUT2D eigenvalue weighted by molar-refractivity contribution is 6.31. The van der Waals surface area contributed by atoms with Gasteiger partial charge in [0.15, 0.2) is 0 Å². The molecule has 0 aliphatic heterocycles. The Bertz CT molecular complexity index is 826. The maximum atomic E-state index is 13.1. The third kappa shape index (κ3) is 6.25. The number of hydrogen-bond acceptors (Lipinski definition) is 2. The van der Waals surface area contributed by atoms with Crippen LogP contribution in [-0.2, 0) is 22.6 Å². The lowest BCUT2D eigenvalue weighted by Gasteiger charge is -2.30. The fourth-order valence-corrected chi connectivity index (χ4v) is 3.20. The molecule has 2 aromatic carbocycles. The van der Waals surface area contributed by atoms with Gasteiger partial charge in [-0.05, 0) is 49.6 Å². The summed E-state index contributed by atoms with van der Waals surface area (Å²) >= 11 is 12.3. The molecule has 2 amide bonds. The van der Waals surface area contributed by atoms with Crippen LogP contribution in [0.25, 0.3) is 0 Å². The maximum absolute atomic E-state index is 13.1. The summed E-state index contributed by atoms with van der Waals surface area (Å²) in [4.78, 5) is 27.4. The van der Waals surface area contributed by atoms with E-state index in [1.807, 2.05) is 44.2 Å². The Morgan fingerprint density at radius 3 is 2.43 bits per heavy atom. The minimum atomic E-state index is -0.622. The molecule has 2 atom stereocenters. The van der Waals surface area contributed by atoms with E-state index in [4.69, 9.17) is 23.2 Å². The lowest BCUT2D eigenvalue weighted by molar-refractivity contribution is -0.140. The number of amides is 2. The third-order valence-corrected chi connectivity index (χ3v) is 5.31. The molecular formula is C22H26Cl2N2O2. The lowest BCUT2D eigenvalue weighted by Crippen LogP contribution is -2.49. The zero-order chi connectivity index (χ0) is 20.7. The van der Waals surface area contributed by atoms with Crippen molar-refractivity contribution in [2.75, 3.05) is 0 Å². The molecule has 0 aliphatic rings. The summed E-state index contributed by atoms with van der Waals surface area (Å²) in [7, 11) is 0. The van der Waals surface area contributed by atoms with Crippen LogP contribution < -0.4 is 5.32 Å². The highest BCUT2D eigenvalue weighted by Crippen LogP contribution is 2.19. The second-order valence-corrected chi connectivity index (χ2v) is 7.76. The van der Waals surface area contributed by atoms with Gasteiger partial charge in [0.25, 0.3) is 0 Å². The number of carbonyl (C=O) groups excluding carboxylic acids is 2. The standard InChI is InChI=1S/C22H26Cl2N2O2/c1-4-15(2)25-22(28)16(3)26(14-17-8-7-10-19(23)12-17)21(27)13-18-9-5-6-11-20(18)24/h5-12,15-16H,4,13-14H2,1-3H3,(H,25,28)/t15-,16-/m0/s1. The van der Waals surface area contributed by atoms with Gasteiger partial charge >= 0.3 is 0 Å². The van der Waals surface area contributed by atoms with Crippen LogP contribution in [0.1, 0.15) is 38.3 Å². The average Bonchev–Trinajstić information content (AvgIpc) is 2.67. The Morgan fingerprint density at radius 2 is 1.79 bits per heavy atom. The molecule has 1 N–H and O–H groups in total. The molecule has 0 aromatic heterocycles. The van der Waals surface area contributed by atoms with Crippen molar-refractivity contribution >= 4 is 35.0 Å². The van der Waals surface area contributed by atoms with Gasteiger partial charge in [-0.3, -0.25) is 9.59 Å². The fraction of sp³-hybridized carbons (Fsp3) is 0.364. The Morgan fingerprint density at radius 1 is 1.07 bits per heavy atom. The van der Waals surface area contributed by atoms with Gasteiger partial charge in [-0.25, -0.2) is 0 Å². The SMILES string of the molecule is CC[C@H](C)NC(=O)[C@H](C)N(Cc1cccc(Cl)c1)C(=O)Cc1ccccc1Cl. The highest BCUT2D eigenvalue weighted by Gasteiger charge is 2.27. The lowest BCUT2D eigenvalue weighted by atomic mass is 10.1. The molecule has 0 aliphatic carbocycles. The normalized spacial score (nSPS) is 12.9. The van der Waals surface area contributed by atoms with Gasteiger partial charge in [-0.1, -0.05) is 60.5 Å². The Labute approximate surface area is 176 Å². The molecular weight excluding hydrogens is 395 g/mol. The average molecular weight is 421 g/mol. The Kier molecular flexibility index (Phi) is 8.34. The molecule has 0 heterocycles. The molecule has 0 fully saturated rings. The van der Waals surface area contributed by atoms with Crippen molar-refractivity contribution in [3.8, 4) is 0 Å². The van der Waals surface area contributed by atoms with Crippen LogP contribution in [0.3, 0.4) is 0 Å². The van der Waals surface area contributed by atoms with Gasteiger partial charge in [0.05, 0.1) is 6.42 Å². The molecule has 0 spiro atoms. The number of nitrogens with one attached hydrogen (secondary N) is 1. The maximum Gasteiger partial charge on any atom is 0.242 e. The van der Waals surface area contributed by atoms with Crippen LogP contribution in [0.15, 0.2) is 48.5 Å². The first-order valence-corrected chi connectivity index (χ1v) is 10.1. The van der Waals surface area contributed by atoms with Gasteiger partial charge in [0.1, 0.15) is 6.04 Å². The second-order valence-electron chi connectivity index (χ2n) is 6.91. The largest absolute Gasteiger partial charge is 0.352 e. The van der Waals surface area contributed by atoms with E-state index in [1.165, 1.54) is 0 Å². The molecule has 4 nitrogen and oxygen atoms in total. The molecule has 28 heavy (non-hydrogen) atoms. The molecule has 0 unspecified atom stereocenters. The van der Waals surface area contributed by atoms with Gasteiger partial charge in [-0.2, -0.15) is 0 Å². The zero-order valence-electron chi connectivity index (χ0n) is 16.4. The number of nitrogens with zero attached hydrogens (tertiary/aromatic N) is 1. The van der Waals surface area contributed by atoms with Crippen molar-refractivity contribution in [1.29, 1.82) is 0 Å². The van der Waals surface area contributed by atoms with E-state index in [1.54, 1.807) is 30.0 Å². The van der Waals surface area contributed by atoms with Crippen molar-refractivity contribution in [1.82, 2.24) is 10.2 Å². The van der Waals surface area contributed by atoms with E-state index in [2.05, 4.69) is 5.32 Å². The van der Waals surface area contributed by atoms with Gasteiger partial charge in [-0.15, -0.1) is 0 Å². The predicted molar refractivity (Wildman–Crippen MR) is 115 cm³/mol. The first-order valence-electron chi connectivity index (χ1n) is 9.39. The van der Waals surface area contributed by atoms with Crippen LogP contribution in [-0.4, -0.2) is 28.8 Å². The summed E-state index contributed by atoms with van der Waals surface area (Å²) in [5.74, 6) is -0.344. The van der Waals surface area contributed by atoms with E-state index in [9.17, 15) is 9.59 Å². The van der Waals surface area contributed by atoms with E-state index < -0.39 is 6.04 Å². The Balaban J connectivity index is 2.25. The van der Waals surface area contributed by atoms with Crippen LogP contribution in [0.2, 0.25) is 10.0 Å². The van der Waals surface area contributed by atoms with E-state index >= 15 is 0 Å².